The zero-order chi connectivity index (χ0) is 16.5. The minimum absolute atomic E-state index is 0.159. The normalized spacial score (nSPS) is 11.2. The van der Waals surface area contributed by atoms with Gasteiger partial charge in [0.1, 0.15) is 23.8 Å². The Kier molecular flexibility index (Phi) is 3.55. The molecule has 5 nitrogen and oxygen atoms in total. The highest BCUT2D eigenvalue weighted by atomic mass is 16.4. The van der Waals surface area contributed by atoms with Gasteiger partial charge in [0, 0.05) is 5.39 Å². The standard InChI is InChI=1S/C19H16N2O3/c22-12-15-7-9-18(24-15)19-16-10-14(23)6-8-17(16)21(20-19)11-13-4-2-1-3-5-13/h1-10,22-23H,11-12H2. The molecular weight excluding hydrogens is 304 g/mol. The molecule has 2 N–H and O–H groups in total. The fourth-order valence-electron chi connectivity index (χ4n) is 2.82. The second kappa shape index (κ2) is 5.86. The molecule has 2 aromatic carbocycles. The van der Waals surface area contributed by atoms with Gasteiger partial charge in [0.25, 0.3) is 0 Å². The summed E-state index contributed by atoms with van der Waals surface area (Å²) >= 11 is 0. The van der Waals surface area contributed by atoms with E-state index in [1.165, 1.54) is 0 Å². The van der Waals surface area contributed by atoms with E-state index in [1.807, 2.05) is 41.1 Å². The van der Waals surface area contributed by atoms with Crippen LogP contribution >= 0.6 is 0 Å². The van der Waals surface area contributed by atoms with E-state index in [-0.39, 0.29) is 12.4 Å². The summed E-state index contributed by atoms with van der Waals surface area (Å²) in [5, 5.41) is 24.5. The van der Waals surface area contributed by atoms with Crippen LogP contribution in [-0.2, 0) is 13.2 Å². The van der Waals surface area contributed by atoms with Gasteiger partial charge in [-0.05, 0) is 35.9 Å². The quantitative estimate of drug-likeness (QED) is 0.603. The van der Waals surface area contributed by atoms with Crippen molar-refractivity contribution >= 4 is 10.9 Å². The lowest BCUT2D eigenvalue weighted by Crippen LogP contribution is -2.01. The predicted molar refractivity (Wildman–Crippen MR) is 90.6 cm³/mol. The second-order valence-electron chi connectivity index (χ2n) is 5.62. The average Bonchev–Trinajstić information content (AvgIpc) is 3.20. The lowest BCUT2D eigenvalue weighted by atomic mass is 10.1. The largest absolute Gasteiger partial charge is 0.508 e. The van der Waals surface area contributed by atoms with Gasteiger partial charge < -0.3 is 14.6 Å². The molecule has 4 aromatic rings. The number of furan rings is 1. The van der Waals surface area contributed by atoms with Crippen LogP contribution in [0.3, 0.4) is 0 Å². The first-order chi connectivity index (χ1) is 11.7. The zero-order valence-corrected chi connectivity index (χ0v) is 12.9. The third-order valence-corrected chi connectivity index (χ3v) is 3.96. The summed E-state index contributed by atoms with van der Waals surface area (Å²) in [6.07, 6.45) is 0. The van der Waals surface area contributed by atoms with Gasteiger partial charge in [-0.3, -0.25) is 4.68 Å². The molecule has 0 saturated carbocycles. The molecular formula is C19H16N2O3. The Balaban J connectivity index is 1.86. The van der Waals surface area contributed by atoms with Crippen molar-refractivity contribution in [2.75, 3.05) is 0 Å². The highest BCUT2D eigenvalue weighted by Gasteiger charge is 2.16. The maximum Gasteiger partial charge on any atom is 0.155 e. The van der Waals surface area contributed by atoms with E-state index in [4.69, 9.17) is 4.42 Å². The number of aromatic nitrogens is 2. The number of aliphatic hydroxyl groups excluding tert-OH is 1. The first-order valence-corrected chi connectivity index (χ1v) is 7.68. The monoisotopic (exact) mass is 320 g/mol. The number of nitrogens with zero attached hydrogens (tertiary/aromatic N) is 2. The first-order valence-electron chi connectivity index (χ1n) is 7.68. The minimum atomic E-state index is -0.159. The van der Waals surface area contributed by atoms with Gasteiger partial charge in [0.2, 0.25) is 0 Å². The molecule has 0 aliphatic rings. The molecule has 24 heavy (non-hydrogen) atoms. The number of aromatic hydroxyl groups is 1. The Bertz CT molecular complexity index is 986. The molecule has 4 rings (SSSR count). The molecule has 2 heterocycles. The number of phenolic OH excluding ortho intramolecular Hbond substituents is 1. The van der Waals surface area contributed by atoms with Gasteiger partial charge in [-0.1, -0.05) is 30.3 Å². The lowest BCUT2D eigenvalue weighted by Gasteiger charge is -2.03. The van der Waals surface area contributed by atoms with Crippen molar-refractivity contribution in [3.63, 3.8) is 0 Å². The summed E-state index contributed by atoms with van der Waals surface area (Å²) in [6.45, 7) is 0.462. The molecule has 0 saturated heterocycles. The van der Waals surface area contributed by atoms with Crippen LogP contribution in [0, 0.1) is 0 Å². The zero-order valence-electron chi connectivity index (χ0n) is 12.9. The summed E-state index contributed by atoms with van der Waals surface area (Å²) < 4.78 is 7.51. The van der Waals surface area contributed by atoms with Crippen molar-refractivity contribution in [3.05, 3.63) is 72.0 Å². The third-order valence-electron chi connectivity index (χ3n) is 3.96. The number of phenols is 1. The smallest absolute Gasteiger partial charge is 0.155 e. The van der Waals surface area contributed by atoms with Crippen molar-refractivity contribution in [1.29, 1.82) is 0 Å². The highest BCUT2D eigenvalue weighted by molar-refractivity contribution is 5.93. The molecule has 0 spiro atoms. The lowest BCUT2D eigenvalue weighted by molar-refractivity contribution is 0.248. The number of benzene rings is 2. The second-order valence-corrected chi connectivity index (χ2v) is 5.62. The Morgan fingerprint density at radius 2 is 1.83 bits per heavy atom. The van der Waals surface area contributed by atoms with E-state index in [0.29, 0.717) is 23.8 Å². The van der Waals surface area contributed by atoms with E-state index in [1.54, 1.807) is 24.3 Å². The topological polar surface area (TPSA) is 71.4 Å². The van der Waals surface area contributed by atoms with Gasteiger partial charge in [-0.15, -0.1) is 0 Å². The molecule has 0 fully saturated rings. The summed E-state index contributed by atoms with van der Waals surface area (Å²) in [4.78, 5) is 0. The molecule has 0 aliphatic carbocycles. The summed E-state index contributed by atoms with van der Waals surface area (Å²) in [6, 6.07) is 18.7. The molecule has 0 bridgehead atoms. The molecule has 2 aromatic heterocycles. The van der Waals surface area contributed by atoms with Crippen LogP contribution < -0.4 is 0 Å². The SMILES string of the molecule is OCc1ccc(-c2nn(Cc3ccccc3)c3ccc(O)cc23)o1. The van der Waals surface area contributed by atoms with Crippen molar-refractivity contribution in [1.82, 2.24) is 9.78 Å². The molecule has 0 unspecified atom stereocenters. The molecule has 0 amide bonds. The Morgan fingerprint density at radius 1 is 1.00 bits per heavy atom. The van der Waals surface area contributed by atoms with Crippen LogP contribution in [0.1, 0.15) is 11.3 Å². The summed E-state index contributed by atoms with van der Waals surface area (Å²) in [5.41, 5.74) is 2.70. The minimum Gasteiger partial charge on any atom is -0.508 e. The number of aliphatic hydroxyl groups is 1. The van der Waals surface area contributed by atoms with E-state index in [0.717, 1.165) is 16.5 Å². The Hall–Kier alpha value is -3.05. The van der Waals surface area contributed by atoms with Crippen molar-refractivity contribution in [3.8, 4) is 17.2 Å². The fraction of sp³-hybridized carbons (Fsp3) is 0.105. The molecule has 0 radical (unpaired) electrons. The Morgan fingerprint density at radius 3 is 2.58 bits per heavy atom. The van der Waals surface area contributed by atoms with Crippen LogP contribution in [-0.4, -0.2) is 20.0 Å². The maximum atomic E-state index is 9.84. The third kappa shape index (κ3) is 2.55. The number of rotatable bonds is 4. The Labute approximate surface area is 138 Å². The fourth-order valence-corrected chi connectivity index (χ4v) is 2.82. The first kappa shape index (κ1) is 14.5. The van der Waals surface area contributed by atoms with E-state index >= 15 is 0 Å². The number of hydrogen-bond donors (Lipinski definition) is 2. The van der Waals surface area contributed by atoms with Gasteiger partial charge in [-0.2, -0.15) is 5.10 Å². The predicted octanol–water partition coefficient (Wildman–Crippen LogP) is 3.54. The molecule has 120 valence electrons. The van der Waals surface area contributed by atoms with Crippen molar-refractivity contribution in [2.45, 2.75) is 13.2 Å². The number of fused-ring (bicyclic) bond motifs is 1. The van der Waals surface area contributed by atoms with E-state index in [2.05, 4.69) is 5.10 Å². The number of hydrogen-bond acceptors (Lipinski definition) is 4. The van der Waals surface area contributed by atoms with Gasteiger partial charge in [0.15, 0.2) is 5.76 Å². The van der Waals surface area contributed by atoms with Crippen LogP contribution in [0.2, 0.25) is 0 Å². The van der Waals surface area contributed by atoms with Gasteiger partial charge in [-0.25, -0.2) is 0 Å². The van der Waals surface area contributed by atoms with Gasteiger partial charge >= 0.3 is 0 Å². The van der Waals surface area contributed by atoms with Gasteiger partial charge in [0.05, 0.1) is 12.1 Å². The average molecular weight is 320 g/mol. The van der Waals surface area contributed by atoms with E-state index in [9.17, 15) is 10.2 Å². The molecule has 0 aliphatic heterocycles. The van der Waals surface area contributed by atoms with Crippen LogP contribution in [0.5, 0.6) is 5.75 Å². The van der Waals surface area contributed by atoms with Crippen molar-refractivity contribution in [2.24, 2.45) is 0 Å². The summed E-state index contributed by atoms with van der Waals surface area (Å²) in [5.74, 6) is 1.23. The van der Waals surface area contributed by atoms with E-state index < -0.39 is 0 Å². The van der Waals surface area contributed by atoms with Crippen LogP contribution in [0.15, 0.2) is 65.1 Å². The molecule has 5 heteroatoms. The molecule has 0 atom stereocenters. The van der Waals surface area contributed by atoms with Crippen LogP contribution in [0.4, 0.5) is 0 Å². The van der Waals surface area contributed by atoms with Crippen LogP contribution in [0.25, 0.3) is 22.4 Å². The summed E-state index contributed by atoms with van der Waals surface area (Å²) in [7, 11) is 0. The van der Waals surface area contributed by atoms with Crippen molar-refractivity contribution < 1.29 is 14.6 Å². The maximum absolute atomic E-state index is 9.84. The highest BCUT2D eigenvalue weighted by Crippen LogP contribution is 2.32.